The average molecular weight is 579 g/mol. The number of sulfonamides is 1. The van der Waals surface area contributed by atoms with Crippen molar-refractivity contribution in [3.8, 4) is 16.9 Å². The highest BCUT2D eigenvalue weighted by Gasteiger charge is 2.33. The minimum Gasteiger partial charge on any atom is -0.433 e. The standard InChI is InChI=1S/C26H25ClF2N4O5S/c1-39(36,37)32-20-6-3-2-5-19(20)16-8-13-22(23(15-16)38-25(28)29)33-14-4-7-21(24(33)34)31-26(35)30-18-11-9-17(27)10-12-18/h2-3,5-6,8-13,15,21,25,32H,4,7,14H2,1H3,(H2,30,31,35)/t21-/m1/s1. The number of ether oxygens (including phenoxy) is 1. The van der Waals surface area contributed by atoms with Crippen molar-refractivity contribution >= 4 is 50.6 Å². The molecule has 0 saturated carbocycles. The summed E-state index contributed by atoms with van der Waals surface area (Å²) in [6.07, 6.45) is 1.85. The summed E-state index contributed by atoms with van der Waals surface area (Å²) in [5.74, 6) is -0.755. The predicted octanol–water partition coefficient (Wildman–Crippen LogP) is 5.30. The Labute approximate surface area is 229 Å². The maximum atomic E-state index is 13.4. The van der Waals surface area contributed by atoms with Gasteiger partial charge in [0.05, 0.1) is 17.6 Å². The van der Waals surface area contributed by atoms with Gasteiger partial charge in [-0.15, -0.1) is 0 Å². The minimum absolute atomic E-state index is 0.0993. The first-order chi connectivity index (χ1) is 18.5. The van der Waals surface area contributed by atoms with Crippen molar-refractivity contribution in [1.29, 1.82) is 0 Å². The molecule has 1 aliphatic heterocycles. The predicted molar refractivity (Wildman–Crippen MR) is 146 cm³/mol. The van der Waals surface area contributed by atoms with E-state index in [2.05, 4.69) is 15.4 Å². The van der Waals surface area contributed by atoms with Crippen molar-refractivity contribution in [2.75, 3.05) is 27.7 Å². The molecule has 206 valence electrons. The number of hydrogen-bond donors (Lipinski definition) is 3. The summed E-state index contributed by atoms with van der Waals surface area (Å²) < 4.78 is 57.6. The third-order valence-electron chi connectivity index (χ3n) is 5.85. The van der Waals surface area contributed by atoms with E-state index in [1.165, 1.54) is 23.1 Å². The SMILES string of the molecule is CS(=O)(=O)Nc1ccccc1-c1ccc(N2CCC[C@@H](NC(=O)Nc3ccc(Cl)cc3)C2=O)c(OC(F)F)c1. The van der Waals surface area contributed by atoms with Crippen LogP contribution in [0.25, 0.3) is 11.1 Å². The molecule has 0 bridgehead atoms. The van der Waals surface area contributed by atoms with E-state index in [1.807, 2.05) is 0 Å². The van der Waals surface area contributed by atoms with Crippen LogP contribution in [0.4, 0.5) is 30.6 Å². The Morgan fingerprint density at radius 2 is 1.82 bits per heavy atom. The number of amides is 3. The molecule has 1 fully saturated rings. The van der Waals surface area contributed by atoms with Crippen LogP contribution in [0.2, 0.25) is 5.02 Å². The largest absolute Gasteiger partial charge is 0.433 e. The number of hydrogen-bond acceptors (Lipinski definition) is 5. The Bertz CT molecular complexity index is 1470. The molecule has 0 unspecified atom stereocenters. The summed E-state index contributed by atoms with van der Waals surface area (Å²) in [6.45, 7) is -2.96. The molecule has 3 aromatic rings. The molecule has 39 heavy (non-hydrogen) atoms. The topological polar surface area (TPSA) is 117 Å². The normalized spacial score (nSPS) is 15.7. The van der Waals surface area contributed by atoms with Crippen molar-refractivity contribution < 1.29 is 31.5 Å². The highest BCUT2D eigenvalue weighted by Crippen LogP contribution is 2.38. The van der Waals surface area contributed by atoms with E-state index >= 15 is 0 Å². The molecule has 4 rings (SSSR count). The number of piperidine rings is 1. The van der Waals surface area contributed by atoms with E-state index < -0.39 is 34.6 Å². The van der Waals surface area contributed by atoms with E-state index in [4.69, 9.17) is 16.3 Å². The van der Waals surface area contributed by atoms with Gasteiger partial charge in [0.15, 0.2) is 0 Å². The third kappa shape index (κ3) is 7.36. The van der Waals surface area contributed by atoms with Gasteiger partial charge in [-0.05, 0) is 60.9 Å². The number of alkyl halides is 2. The van der Waals surface area contributed by atoms with Gasteiger partial charge in [0.2, 0.25) is 15.9 Å². The Morgan fingerprint density at radius 3 is 2.51 bits per heavy atom. The summed E-state index contributed by atoms with van der Waals surface area (Å²) >= 11 is 5.86. The Morgan fingerprint density at radius 1 is 1.10 bits per heavy atom. The molecular formula is C26H25ClF2N4O5S. The number of nitrogens with one attached hydrogen (secondary N) is 3. The van der Waals surface area contributed by atoms with E-state index in [0.717, 1.165) is 6.26 Å². The minimum atomic E-state index is -3.61. The Hall–Kier alpha value is -3.90. The van der Waals surface area contributed by atoms with Gasteiger partial charge in [-0.3, -0.25) is 9.52 Å². The fourth-order valence-corrected chi connectivity index (χ4v) is 4.93. The molecule has 3 amide bonds. The molecule has 3 N–H and O–H groups in total. The molecule has 0 radical (unpaired) electrons. The molecule has 0 aromatic heterocycles. The fraction of sp³-hybridized carbons (Fsp3) is 0.231. The first-order valence-electron chi connectivity index (χ1n) is 11.8. The van der Waals surface area contributed by atoms with Crippen LogP contribution < -0.4 is 25.0 Å². The monoisotopic (exact) mass is 578 g/mol. The van der Waals surface area contributed by atoms with E-state index in [0.29, 0.717) is 34.7 Å². The highest BCUT2D eigenvalue weighted by molar-refractivity contribution is 7.92. The van der Waals surface area contributed by atoms with Crippen LogP contribution in [0.1, 0.15) is 12.8 Å². The zero-order valence-corrected chi connectivity index (χ0v) is 22.2. The van der Waals surface area contributed by atoms with E-state index in [9.17, 15) is 26.8 Å². The Kier molecular flexibility index (Phi) is 8.56. The number of carbonyl (C=O) groups is 2. The fourth-order valence-electron chi connectivity index (χ4n) is 4.23. The summed E-state index contributed by atoms with van der Waals surface area (Å²) in [5.41, 5.74) is 1.65. The van der Waals surface area contributed by atoms with Crippen LogP contribution in [0.3, 0.4) is 0 Å². The Balaban J connectivity index is 1.59. The third-order valence-corrected chi connectivity index (χ3v) is 6.69. The summed E-state index contributed by atoms with van der Waals surface area (Å²) in [4.78, 5) is 27.1. The maximum Gasteiger partial charge on any atom is 0.387 e. The van der Waals surface area contributed by atoms with Gasteiger partial charge in [0.1, 0.15) is 11.8 Å². The summed E-state index contributed by atoms with van der Waals surface area (Å²) in [6, 6.07) is 15.7. The van der Waals surface area contributed by atoms with Gasteiger partial charge < -0.3 is 20.3 Å². The lowest BCUT2D eigenvalue weighted by Gasteiger charge is -2.33. The van der Waals surface area contributed by atoms with Crippen molar-refractivity contribution in [2.24, 2.45) is 0 Å². The van der Waals surface area contributed by atoms with Gasteiger partial charge in [0, 0.05) is 22.8 Å². The number of anilines is 3. The van der Waals surface area contributed by atoms with Crippen molar-refractivity contribution in [1.82, 2.24) is 5.32 Å². The number of rotatable bonds is 8. The second-order valence-corrected chi connectivity index (χ2v) is 11.0. The molecule has 1 atom stereocenters. The summed E-state index contributed by atoms with van der Waals surface area (Å²) in [5, 5.41) is 5.76. The number of urea groups is 1. The van der Waals surface area contributed by atoms with Crippen molar-refractivity contribution in [2.45, 2.75) is 25.5 Å². The van der Waals surface area contributed by atoms with Crippen LogP contribution >= 0.6 is 11.6 Å². The molecule has 1 saturated heterocycles. The number of benzene rings is 3. The van der Waals surface area contributed by atoms with Gasteiger partial charge in [-0.2, -0.15) is 8.78 Å². The van der Waals surface area contributed by atoms with Gasteiger partial charge in [0.25, 0.3) is 0 Å². The van der Waals surface area contributed by atoms with Gasteiger partial charge >= 0.3 is 12.6 Å². The maximum absolute atomic E-state index is 13.4. The molecule has 0 spiro atoms. The molecule has 13 heteroatoms. The lowest BCUT2D eigenvalue weighted by molar-refractivity contribution is -0.121. The first kappa shape index (κ1) is 28.1. The summed E-state index contributed by atoms with van der Waals surface area (Å²) in [7, 11) is -3.61. The molecule has 3 aromatic carbocycles. The number of nitrogens with zero attached hydrogens (tertiary/aromatic N) is 1. The molecule has 9 nitrogen and oxygen atoms in total. The first-order valence-corrected chi connectivity index (χ1v) is 14.1. The van der Waals surface area contributed by atoms with Crippen LogP contribution in [0.5, 0.6) is 5.75 Å². The lowest BCUT2D eigenvalue weighted by Crippen LogP contribution is -2.53. The van der Waals surface area contributed by atoms with Crippen molar-refractivity contribution in [3.63, 3.8) is 0 Å². The average Bonchev–Trinajstić information content (AvgIpc) is 2.86. The zero-order valence-electron chi connectivity index (χ0n) is 20.7. The molecule has 1 heterocycles. The number of halogens is 3. The molecular weight excluding hydrogens is 554 g/mol. The second kappa shape index (κ2) is 11.9. The van der Waals surface area contributed by atoms with Gasteiger partial charge in [-0.25, -0.2) is 13.2 Å². The van der Waals surface area contributed by atoms with Gasteiger partial charge in [-0.1, -0.05) is 35.9 Å². The second-order valence-electron chi connectivity index (χ2n) is 8.77. The lowest BCUT2D eigenvalue weighted by atomic mass is 10.0. The zero-order chi connectivity index (χ0) is 28.2. The van der Waals surface area contributed by atoms with Crippen LogP contribution in [0, 0.1) is 0 Å². The highest BCUT2D eigenvalue weighted by atomic mass is 35.5. The molecule has 1 aliphatic rings. The quantitative estimate of drug-likeness (QED) is 0.335. The van der Waals surface area contributed by atoms with E-state index in [-0.39, 0.29) is 23.7 Å². The number of carbonyl (C=O) groups excluding carboxylic acids is 2. The van der Waals surface area contributed by atoms with Crippen LogP contribution in [0.15, 0.2) is 66.7 Å². The van der Waals surface area contributed by atoms with Crippen molar-refractivity contribution in [3.05, 3.63) is 71.8 Å². The molecule has 0 aliphatic carbocycles. The number of para-hydroxylation sites is 1. The van der Waals surface area contributed by atoms with Crippen LogP contribution in [-0.4, -0.2) is 45.8 Å². The smallest absolute Gasteiger partial charge is 0.387 e. The van der Waals surface area contributed by atoms with E-state index in [1.54, 1.807) is 48.5 Å². The van der Waals surface area contributed by atoms with Crippen LogP contribution in [-0.2, 0) is 14.8 Å².